The van der Waals surface area contributed by atoms with Crippen molar-refractivity contribution in [3.8, 4) is 0 Å². The molecule has 0 radical (unpaired) electrons. The van der Waals surface area contributed by atoms with Crippen molar-refractivity contribution < 1.29 is 4.79 Å². The molecule has 1 fully saturated rings. The zero-order valence-electron chi connectivity index (χ0n) is 11.5. The maximum Gasteiger partial charge on any atom is 0.248 e. The lowest BCUT2D eigenvalue weighted by Gasteiger charge is -2.27. The van der Waals surface area contributed by atoms with E-state index in [1.165, 1.54) is 0 Å². The number of benzene rings is 1. The summed E-state index contributed by atoms with van der Waals surface area (Å²) < 4.78 is 0. The minimum atomic E-state index is -0.461. The Bertz CT molecular complexity index is 460. The van der Waals surface area contributed by atoms with Crippen LogP contribution < -0.4 is 16.4 Å². The van der Waals surface area contributed by atoms with E-state index in [2.05, 4.69) is 15.5 Å². The molecule has 0 bridgehead atoms. The van der Waals surface area contributed by atoms with E-state index in [4.69, 9.17) is 17.3 Å². The number of piperazine rings is 1. The highest BCUT2D eigenvalue weighted by Crippen LogP contribution is 2.22. The van der Waals surface area contributed by atoms with Gasteiger partial charge < -0.3 is 21.3 Å². The van der Waals surface area contributed by atoms with Gasteiger partial charge >= 0.3 is 0 Å². The molecule has 20 heavy (non-hydrogen) atoms. The van der Waals surface area contributed by atoms with E-state index >= 15 is 0 Å². The minimum absolute atomic E-state index is 0.432. The summed E-state index contributed by atoms with van der Waals surface area (Å²) in [5.74, 6) is -0.461. The summed E-state index contributed by atoms with van der Waals surface area (Å²) in [6.07, 6.45) is 1.06. The summed E-state index contributed by atoms with van der Waals surface area (Å²) in [4.78, 5) is 13.5. The summed E-state index contributed by atoms with van der Waals surface area (Å²) in [6.45, 7) is 6.34. The molecule has 1 aliphatic rings. The summed E-state index contributed by atoms with van der Waals surface area (Å²) in [5.41, 5.74) is 6.48. The number of anilines is 1. The van der Waals surface area contributed by atoms with Gasteiger partial charge in [-0.3, -0.25) is 4.79 Å². The molecule has 1 heterocycles. The SMILES string of the molecule is NC(=O)c1ccc(NCCCN2CCNCC2)c(Cl)c1. The Balaban J connectivity index is 1.74. The zero-order valence-corrected chi connectivity index (χ0v) is 12.2. The lowest BCUT2D eigenvalue weighted by Crippen LogP contribution is -2.44. The molecular weight excluding hydrogens is 276 g/mol. The second kappa shape index (κ2) is 7.47. The van der Waals surface area contributed by atoms with E-state index in [9.17, 15) is 4.79 Å². The van der Waals surface area contributed by atoms with Gasteiger partial charge in [-0.2, -0.15) is 0 Å². The van der Waals surface area contributed by atoms with Crippen LogP contribution in [-0.2, 0) is 0 Å². The Morgan fingerprint density at radius 3 is 2.80 bits per heavy atom. The quantitative estimate of drug-likeness (QED) is 0.689. The number of primary amides is 1. The monoisotopic (exact) mass is 296 g/mol. The van der Waals surface area contributed by atoms with E-state index in [-0.39, 0.29) is 0 Å². The van der Waals surface area contributed by atoms with E-state index in [0.29, 0.717) is 10.6 Å². The van der Waals surface area contributed by atoms with Gasteiger partial charge in [0.2, 0.25) is 5.91 Å². The van der Waals surface area contributed by atoms with Crippen LogP contribution in [0.15, 0.2) is 18.2 Å². The van der Waals surface area contributed by atoms with E-state index in [1.807, 2.05) is 0 Å². The van der Waals surface area contributed by atoms with Crippen molar-refractivity contribution in [1.82, 2.24) is 10.2 Å². The molecule has 0 saturated carbocycles. The van der Waals surface area contributed by atoms with E-state index in [1.54, 1.807) is 18.2 Å². The van der Waals surface area contributed by atoms with Crippen molar-refractivity contribution in [1.29, 1.82) is 0 Å². The van der Waals surface area contributed by atoms with Gasteiger partial charge in [-0.1, -0.05) is 11.6 Å². The molecule has 1 aliphatic heterocycles. The zero-order chi connectivity index (χ0) is 14.4. The van der Waals surface area contributed by atoms with Crippen LogP contribution in [0.25, 0.3) is 0 Å². The fourth-order valence-corrected chi connectivity index (χ4v) is 2.52. The largest absolute Gasteiger partial charge is 0.384 e. The smallest absolute Gasteiger partial charge is 0.248 e. The Kier molecular flexibility index (Phi) is 5.64. The molecule has 0 aromatic heterocycles. The van der Waals surface area contributed by atoms with Gasteiger partial charge in [0.25, 0.3) is 0 Å². The number of nitrogens with one attached hydrogen (secondary N) is 2. The highest BCUT2D eigenvalue weighted by molar-refractivity contribution is 6.33. The molecule has 0 spiro atoms. The second-order valence-corrected chi connectivity index (χ2v) is 5.34. The molecule has 1 aromatic rings. The Hall–Kier alpha value is -1.30. The molecule has 6 heteroatoms. The van der Waals surface area contributed by atoms with Crippen LogP contribution in [-0.4, -0.2) is 50.1 Å². The summed E-state index contributed by atoms with van der Waals surface area (Å²) in [5, 5.41) is 7.16. The molecule has 0 aliphatic carbocycles. The Morgan fingerprint density at radius 2 is 2.15 bits per heavy atom. The number of hydrogen-bond donors (Lipinski definition) is 3. The van der Waals surface area contributed by atoms with Gasteiger partial charge in [0.15, 0.2) is 0 Å². The van der Waals surface area contributed by atoms with Crippen LogP contribution >= 0.6 is 11.6 Å². The number of halogens is 1. The van der Waals surface area contributed by atoms with Gasteiger partial charge in [-0.25, -0.2) is 0 Å². The number of amides is 1. The molecule has 5 nitrogen and oxygen atoms in total. The average Bonchev–Trinajstić information content (AvgIpc) is 2.46. The molecular formula is C14H21ClN4O. The molecule has 0 unspecified atom stereocenters. The topological polar surface area (TPSA) is 70.4 Å². The van der Waals surface area contributed by atoms with Crippen LogP contribution in [0.5, 0.6) is 0 Å². The first kappa shape index (κ1) is 15.1. The molecule has 1 saturated heterocycles. The number of nitrogens with zero attached hydrogens (tertiary/aromatic N) is 1. The van der Waals surface area contributed by atoms with Crippen molar-refractivity contribution in [3.05, 3.63) is 28.8 Å². The predicted molar refractivity (Wildman–Crippen MR) is 82.4 cm³/mol. The van der Waals surface area contributed by atoms with Crippen LogP contribution in [0.4, 0.5) is 5.69 Å². The van der Waals surface area contributed by atoms with Crippen LogP contribution in [0.1, 0.15) is 16.8 Å². The fourth-order valence-electron chi connectivity index (χ4n) is 2.27. The maximum atomic E-state index is 11.0. The number of carbonyl (C=O) groups excluding carboxylic acids is 1. The summed E-state index contributed by atoms with van der Waals surface area (Å²) >= 11 is 6.11. The highest BCUT2D eigenvalue weighted by Gasteiger charge is 2.09. The number of rotatable bonds is 6. The Labute approximate surface area is 124 Å². The highest BCUT2D eigenvalue weighted by atomic mass is 35.5. The molecule has 110 valence electrons. The third-order valence-corrected chi connectivity index (χ3v) is 3.74. The number of hydrogen-bond acceptors (Lipinski definition) is 4. The molecule has 4 N–H and O–H groups in total. The standard InChI is InChI=1S/C14H21ClN4O/c15-12-10-11(14(16)20)2-3-13(12)18-4-1-7-19-8-5-17-6-9-19/h2-3,10,17-18H,1,4-9H2,(H2,16,20). The minimum Gasteiger partial charge on any atom is -0.384 e. The van der Waals surface area contributed by atoms with Crippen LogP contribution in [0.2, 0.25) is 5.02 Å². The van der Waals surface area contributed by atoms with Gasteiger partial charge in [0.05, 0.1) is 10.7 Å². The second-order valence-electron chi connectivity index (χ2n) is 4.93. The lowest BCUT2D eigenvalue weighted by atomic mass is 10.2. The molecule has 1 amide bonds. The van der Waals surface area contributed by atoms with Crippen LogP contribution in [0.3, 0.4) is 0 Å². The third-order valence-electron chi connectivity index (χ3n) is 3.43. The van der Waals surface area contributed by atoms with Gasteiger partial charge in [0.1, 0.15) is 0 Å². The third kappa shape index (κ3) is 4.37. The average molecular weight is 297 g/mol. The Morgan fingerprint density at radius 1 is 1.40 bits per heavy atom. The van der Waals surface area contributed by atoms with Crippen molar-refractivity contribution in [3.63, 3.8) is 0 Å². The van der Waals surface area contributed by atoms with Crippen LogP contribution in [0, 0.1) is 0 Å². The van der Waals surface area contributed by atoms with Crippen molar-refractivity contribution >= 4 is 23.2 Å². The van der Waals surface area contributed by atoms with Gasteiger partial charge in [0, 0.05) is 38.3 Å². The van der Waals surface area contributed by atoms with Crippen molar-refractivity contribution in [2.75, 3.05) is 44.6 Å². The van der Waals surface area contributed by atoms with Crippen molar-refractivity contribution in [2.45, 2.75) is 6.42 Å². The van der Waals surface area contributed by atoms with E-state index in [0.717, 1.165) is 51.4 Å². The predicted octanol–water partition coefficient (Wildman–Crippen LogP) is 1.15. The number of nitrogens with two attached hydrogens (primary N) is 1. The van der Waals surface area contributed by atoms with E-state index < -0.39 is 5.91 Å². The molecule has 0 atom stereocenters. The lowest BCUT2D eigenvalue weighted by molar-refractivity contribution is 0.100. The maximum absolute atomic E-state index is 11.0. The molecule has 2 rings (SSSR count). The summed E-state index contributed by atoms with van der Waals surface area (Å²) in [7, 11) is 0. The fraction of sp³-hybridized carbons (Fsp3) is 0.500. The first-order chi connectivity index (χ1) is 9.66. The number of carbonyl (C=O) groups is 1. The first-order valence-corrected chi connectivity index (χ1v) is 7.31. The normalized spacial score (nSPS) is 16.1. The summed E-state index contributed by atoms with van der Waals surface area (Å²) in [6, 6.07) is 5.09. The first-order valence-electron chi connectivity index (χ1n) is 6.93. The van der Waals surface area contributed by atoms with Crippen molar-refractivity contribution in [2.24, 2.45) is 5.73 Å². The van der Waals surface area contributed by atoms with Gasteiger partial charge in [-0.05, 0) is 31.2 Å². The van der Waals surface area contributed by atoms with Gasteiger partial charge in [-0.15, -0.1) is 0 Å². The molecule has 1 aromatic carbocycles.